The number of fused-ring (bicyclic) bond motifs is 7. The minimum absolute atomic E-state index is 0.00141. The minimum atomic E-state index is -0.665. The van der Waals surface area contributed by atoms with Gasteiger partial charge in [0.25, 0.3) is 0 Å². The van der Waals surface area contributed by atoms with Crippen LogP contribution in [0.1, 0.15) is 106 Å². The smallest absolute Gasteiger partial charge is 0.310 e. The quantitative estimate of drug-likeness (QED) is 0.418. The third kappa shape index (κ3) is 2.88. The number of carbonyl (C=O) groups is 1. The van der Waals surface area contributed by atoms with Crippen LogP contribution >= 0.6 is 0 Å². The first kappa shape index (κ1) is 24.8. The van der Waals surface area contributed by atoms with E-state index in [2.05, 4.69) is 47.6 Å². The highest BCUT2D eigenvalue weighted by Crippen LogP contribution is 2.75. The summed E-state index contributed by atoms with van der Waals surface area (Å²) in [5.41, 5.74) is 0.844. The lowest BCUT2D eigenvalue weighted by atomic mass is 9.33. The summed E-state index contributed by atoms with van der Waals surface area (Å²) in [4.78, 5) is 12.8. The SMILES string of the molecule is CC1(CO)CC[C@]2(C(=O)O)CC[C@]3(C)C(=CC[C@@H]4[C@@]5(C)CC[C@H](O)C(C)(C)[C@@H]5CC[C@]43C)[C@@H]2C1. The zero-order chi connectivity index (χ0) is 24.9. The van der Waals surface area contributed by atoms with Crippen LogP contribution in [0, 0.1) is 50.2 Å². The Balaban J connectivity index is 1.60. The summed E-state index contributed by atoms with van der Waals surface area (Å²) in [7, 11) is 0. The number of hydrogen-bond acceptors (Lipinski definition) is 3. The zero-order valence-corrected chi connectivity index (χ0v) is 22.4. The fourth-order valence-corrected chi connectivity index (χ4v) is 10.7. The molecule has 5 rings (SSSR count). The van der Waals surface area contributed by atoms with E-state index in [1.165, 1.54) is 5.57 Å². The maximum atomic E-state index is 12.8. The van der Waals surface area contributed by atoms with E-state index in [0.29, 0.717) is 18.3 Å². The fourth-order valence-electron chi connectivity index (χ4n) is 10.7. The highest BCUT2D eigenvalue weighted by Gasteiger charge is 2.69. The highest BCUT2D eigenvalue weighted by molar-refractivity contribution is 5.76. The number of carboxylic acids is 1. The summed E-state index contributed by atoms with van der Waals surface area (Å²) in [6.45, 7) is 14.4. The second-order valence-electron chi connectivity index (χ2n) is 14.9. The van der Waals surface area contributed by atoms with Crippen LogP contribution < -0.4 is 0 Å². The number of aliphatic hydroxyl groups excluding tert-OH is 2. The Morgan fingerprint density at radius 1 is 0.941 bits per heavy atom. The Kier molecular flexibility index (Phi) is 5.36. The molecule has 0 bridgehead atoms. The molecule has 5 aliphatic carbocycles. The number of aliphatic hydroxyl groups is 2. The Hall–Kier alpha value is -0.870. The molecule has 0 saturated heterocycles. The molecule has 4 fully saturated rings. The zero-order valence-electron chi connectivity index (χ0n) is 22.4. The van der Waals surface area contributed by atoms with E-state index < -0.39 is 11.4 Å². The number of rotatable bonds is 2. The molecule has 0 aromatic rings. The lowest BCUT2D eigenvalue weighted by molar-refractivity contribution is -0.206. The van der Waals surface area contributed by atoms with Gasteiger partial charge >= 0.3 is 5.97 Å². The van der Waals surface area contributed by atoms with Gasteiger partial charge in [0.15, 0.2) is 0 Å². The van der Waals surface area contributed by atoms with Gasteiger partial charge in [-0.1, -0.05) is 53.2 Å². The molecule has 9 atom stereocenters. The van der Waals surface area contributed by atoms with Gasteiger partial charge in [0, 0.05) is 6.61 Å². The fraction of sp³-hybridized carbons (Fsp3) is 0.900. The highest BCUT2D eigenvalue weighted by atomic mass is 16.4. The molecule has 34 heavy (non-hydrogen) atoms. The lowest BCUT2D eigenvalue weighted by Crippen LogP contribution is -2.65. The molecule has 4 heteroatoms. The first-order valence-corrected chi connectivity index (χ1v) is 13.9. The van der Waals surface area contributed by atoms with Gasteiger partial charge in [-0.15, -0.1) is 0 Å². The van der Waals surface area contributed by atoms with E-state index >= 15 is 0 Å². The number of allylic oxidation sites excluding steroid dienone is 2. The molecule has 0 spiro atoms. The van der Waals surface area contributed by atoms with Gasteiger partial charge in [-0.2, -0.15) is 0 Å². The second-order valence-corrected chi connectivity index (χ2v) is 14.9. The Morgan fingerprint density at radius 3 is 2.26 bits per heavy atom. The van der Waals surface area contributed by atoms with Crippen LogP contribution in [-0.4, -0.2) is 34.0 Å². The van der Waals surface area contributed by atoms with Crippen molar-refractivity contribution in [2.45, 2.75) is 112 Å². The molecular weight excluding hydrogens is 424 g/mol. The monoisotopic (exact) mass is 472 g/mol. The summed E-state index contributed by atoms with van der Waals surface area (Å²) in [6, 6.07) is 0. The molecule has 0 aliphatic heterocycles. The number of carboxylic acid groups (broad SMARTS) is 1. The van der Waals surface area contributed by atoms with Crippen molar-refractivity contribution in [1.29, 1.82) is 0 Å². The summed E-state index contributed by atoms with van der Waals surface area (Å²) in [6.07, 6.45) is 11.6. The van der Waals surface area contributed by atoms with Gasteiger partial charge in [-0.05, 0) is 109 Å². The molecule has 0 heterocycles. The lowest BCUT2D eigenvalue weighted by Gasteiger charge is -2.71. The van der Waals surface area contributed by atoms with Gasteiger partial charge in [-0.3, -0.25) is 4.79 Å². The molecule has 0 aromatic heterocycles. The first-order chi connectivity index (χ1) is 15.7. The number of aliphatic carboxylic acids is 1. The van der Waals surface area contributed by atoms with Crippen molar-refractivity contribution in [2.24, 2.45) is 50.2 Å². The van der Waals surface area contributed by atoms with Crippen molar-refractivity contribution in [3.05, 3.63) is 11.6 Å². The maximum absolute atomic E-state index is 12.8. The van der Waals surface area contributed by atoms with E-state index in [-0.39, 0.29) is 45.7 Å². The van der Waals surface area contributed by atoms with Crippen molar-refractivity contribution in [1.82, 2.24) is 0 Å². The predicted octanol–water partition coefficient (Wildman–Crippen LogP) is 6.21. The van der Waals surface area contributed by atoms with Gasteiger partial charge in [-0.25, -0.2) is 0 Å². The summed E-state index contributed by atoms with van der Waals surface area (Å²) in [5.74, 6) is 0.493. The molecular formula is C30H48O4. The molecule has 0 aromatic carbocycles. The van der Waals surface area contributed by atoms with Crippen molar-refractivity contribution in [3.63, 3.8) is 0 Å². The van der Waals surface area contributed by atoms with Crippen molar-refractivity contribution < 1.29 is 20.1 Å². The maximum Gasteiger partial charge on any atom is 0.310 e. The summed E-state index contributed by atoms with van der Waals surface area (Å²) >= 11 is 0. The molecule has 0 amide bonds. The average Bonchev–Trinajstić information content (AvgIpc) is 2.77. The molecule has 3 N–H and O–H groups in total. The van der Waals surface area contributed by atoms with Gasteiger partial charge in [0.1, 0.15) is 0 Å². The molecule has 5 aliphatic rings. The van der Waals surface area contributed by atoms with Crippen molar-refractivity contribution in [2.75, 3.05) is 6.61 Å². The van der Waals surface area contributed by atoms with Crippen molar-refractivity contribution >= 4 is 5.97 Å². The van der Waals surface area contributed by atoms with Gasteiger partial charge in [0.2, 0.25) is 0 Å². The predicted molar refractivity (Wildman–Crippen MR) is 134 cm³/mol. The van der Waals surface area contributed by atoms with E-state index in [1.807, 2.05) is 0 Å². The van der Waals surface area contributed by atoms with Crippen LogP contribution in [0.25, 0.3) is 0 Å². The molecule has 192 valence electrons. The third-order valence-electron chi connectivity index (χ3n) is 13.3. The minimum Gasteiger partial charge on any atom is -0.481 e. The third-order valence-corrected chi connectivity index (χ3v) is 13.3. The van der Waals surface area contributed by atoms with Crippen LogP contribution in [0.5, 0.6) is 0 Å². The molecule has 1 unspecified atom stereocenters. The topological polar surface area (TPSA) is 77.8 Å². The molecule has 0 radical (unpaired) electrons. The Morgan fingerprint density at radius 2 is 1.62 bits per heavy atom. The largest absolute Gasteiger partial charge is 0.481 e. The van der Waals surface area contributed by atoms with Gasteiger partial charge in [0.05, 0.1) is 11.5 Å². The van der Waals surface area contributed by atoms with E-state index in [1.54, 1.807) is 0 Å². The summed E-state index contributed by atoms with van der Waals surface area (Å²) < 4.78 is 0. The standard InChI is InChI=1S/C30H48O4/c1-25(2)21-9-12-29(6)22(27(21,4)11-10-23(25)32)8-7-19-20-17-26(3,18-31)13-15-30(20,24(33)34)16-14-28(19,29)5/h7,20-23,31-32H,8-18H2,1-6H3,(H,33,34)/t20-,21-,22+,23-,26?,27-,28+,29+,30-/m0/s1. The van der Waals surface area contributed by atoms with Crippen LogP contribution in [0.2, 0.25) is 0 Å². The summed E-state index contributed by atoms with van der Waals surface area (Å²) in [5, 5.41) is 31.6. The van der Waals surface area contributed by atoms with Crippen LogP contribution in [-0.2, 0) is 4.79 Å². The van der Waals surface area contributed by atoms with Gasteiger partial charge < -0.3 is 15.3 Å². The number of hydrogen-bond donors (Lipinski definition) is 3. The van der Waals surface area contributed by atoms with Crippen molar-refractivity contribution in [3.8, 4) is 0 Å². The van der Waals surface area contributed by atoms with E-state index in [0.717, 1.165) is 57.8 Å². The first-order valence-electron chi connectivity index (χ1n) is 13.9. The Labute approximate surface area is 206 Å². The molecule has 4 saturated carbocycles. The molecule has 4 nitrogen and oxygen atoms in total. The average molecular weight is 473 g/mol. The second kappa shape index (κ2) is 7.34. The van der Waals surface area contributed by atoms with Crippen LogP contribution in [0.3, 0.4) is 0 Å². The van der Waals surface area contributed by atoms with Crippen LogP contribution in [0.4, 0.5) is 0 Å². The normalized spacial score (nSPS) is 54.1. The van der Waals surface area contributed by atoms with Crippen LogP contribution in [0.15, 0.2) is 11.6 Å². The van der Waals surface area contributed by atoms with E-state index in [9.17, 15) is 20.1 Å². The Bertz CT molecular complexity index is 907. The van der Waals surface area contributed by atoms with E-state index in [4.69, 9.17) is 0 Å².